The standard InChI is InChI=1S/C12H21N/c1-5-10(4)13-9-11(6-2)8-12(13)7-3/h6,11-12H,2,4-5,7-9H2,1,3H3/t11-,12+/m0/s1. The summed E-state index contributed by atoms with van der Waals surface area (Å²) in [6.07, 6.45) is 5.65. The Balaban J connectivity index is 2.62. The maximum Gasteiger partial charge on any atom is 0.0290 e. The van der Waals surface area contributed by atoms with Gasteiger partial charge in [0.15, 0.2) is 0 Å². The topological polar surface area (TPSA) is 3.24 Å². The Labute approximate surface area is 82.1 Å². The van der Waals surface area contributed by atoms with Crippen molar-refractivity contribution in [3.05, 3.63) is 24.9 Å². The molecular formula is C12H21N. The Morgan fingerprint density at radius 2 is 2.23 bits per heavy atom. The molecule has 0 aromatic rings. The predicted molar refractivity (Wildman–Crippen MR) is 58.5 cm³/mol. The summed E-state index contributed by atoms with van der Waals surface area (Å²) in [6.45, 7) is 13.6. The van der Waals surface area contributed by atoms with Gasteiger partial charge in [-0.3, -0.25) is 0 Å². The van der Waals surface area contributed by atoms with Gasteiger partial charge in [-0.25, -0.2) is 0 Å². The van der Waals surface area contributed by atoms with Crippen molar-refractivity contribution in [2.75, 3.05) is 6.54 Å². The fraction of sp³-hybridized carbons (Fsp3) is 0.667. The van der Waals surface area contributed by atoms with E-state index in [1.54, 1.807) is 0 Å². The van der Waals surface area contributed by atoms with Crippen LogP contribution in [0, 0.1) is 5.92 Å². The zero-order valence-electron chi connectivity index (χ0n) is 8.92. The maximum absolute atomic E-state index is 4.11. The van der Waals surface area contributed by atoms with E-state index >= 15 is 0 Å². The highest BCUT2D eigenvalue weighted by Gasteiger charge is 2.28. The third kappa shape index (κ3) is 2.15. The van der Waals surface area contributed by atoms with Crippen molar-refractivity contribution in [1.82, 2.24) is 4.90 Å². The van der Waals surface area contributed by atoms with Crippen LogP contribution in [0.25, 0.3) is 0 Å². The summed E-state index contributed by atoms with van der Waals surface area (Å²) in [5.74, 6) is 0.674. The molecule has 0 bridgehead atoms. The smallest absolute Gasteiger partial charge is 0.0290 e. The number of allylic oxidation sites excluding steroid dienone is 1. The highest BCUT2D eigenvalue weighted by Crippen LogP contribution is 2.29. The van der Waals surface area contributed by atoms with Crippen LogP contribution in [-0.2, 0) is 0 Å². The van der Waals surface area contributed by atoms with Gasteiger partial charge < -0.3 is 4.90 Å². The second kappa shape index (κ2) is 4.50. The molecule has 74 valence electrons. The van der Waals surface area contributed by atoms with Gasteiger partial charge in [-0.1, -0.05) is 26.5 Å². The van der Waals surface area contributed by atoms with E-state index in [1.807, 2.05) is 0 Å². The van der Waals surface area contributed by atoms with Crippen molar-refractivity contribution in [1.29, 1.82) is 0 Å². The normalized spacial score (nSPS) is 27.7. The van der Waals surface area contributed by atoms with Crippen LogP contribution < -0.4 is 0 Å². The molecule has 1 fully saturated rings. The first-order valence-electron chi connectivity index (χ1n) is 5.29. The third-order valence-electron chi connectivity index (χ3n) is 3.07. The van der Waals surface area contributed by atoms with E-state index in [1.165, 1.54) is 18.5 Å². The molecule has 1 aliphatic heterocycles. The highest BCUT2D eigenvalue weighted by molar-refractivity contribution is 5.03. The molecule has 0 N–H and O–H groups in total. The lowest BCUT2D eigenvalue weighted by Gasteiger charge is -2.27. The summed E-state index contributed by atoms with van der Waals surface area (Å²) in [6, 6.07) is 0.704. The van der Waals surface area contributed by atoms with Crippen molar-refractivity contribution >= 4 is 0 Å². The molecule has 0 amide bonds. The van der Waals surface area contributed by atoms with Gasteiger partial charge in [-0.05, 0) is 25.2 Å². The van der Waals surface area contributed by atoms with Crippen LogP contribution in [0.1, 0.15) is 33.1 Å². The van der Waals surface area contributed by atoms with Gasteiger partial charge in [-0.15, -0.1) is 6.58 Å². The van der Waals surface area contributed by atoms with Gasteiger partial charge in [0, 0.05) is 18.3 Å². The Hall–Kier alpha value is -0.720. The minimum absolute atomic E-state index is 0.674. The lowest BCUT2D eigenvalue weighted by atomic mass is 10.0. The molecule has 0 unspecified atom stereocenters. The van der Waals surface area contributed by atoms with Gasteiger partial charge in [0.25, 0.3) is 0 Å². The number of nitrogens with zero attached hydrogens (tertiary/aromatic N) is 1. The van der Waals surface area contributed by atoms with E-state index in [4.69, 9.17) is 0 Å². The fourth-order valence-corrected chi connectivity index (χ4v) is 2.10. The van der Waals surface area contributed by atoms with Crippen molar-refractivity contribution in [2.24, 2.45) is 5.92 Å². The SMILES string of the molecule is C=C[C@H]1C[C@@H](CC)N(C(=C)CC)C1. The summed E-state index contributed by atoms with van der Waals surface area (Å²) >= 11 is 0. The average molecular weight is 179 g/mol. The van der Waals surface area contributed by atoms with Crippen molar-refractivity contribution in [2.45, 2.75) is 39.2 Å². The molecule has 0 aromatic heterocycles. The van der Waals surface area contributed by atoms with Crippen molar-refractivity contribution in [3.63, 3.8) is 0 Å². The molecule has 1 aliphatic rings. The van der Waals surface area contributed by atoms with Crippen molar-refractivity contribution in [3.8, 4) is 0 Å². The zero-order valence-corrected chi connectivity index (χ0v) is 8.92. The first-order valence-corrected chi connectivity index (χ1v) is 5.29. The van der Waals surface area contributed by atoms with Crippen LogP contribution >= 0.6 is 0 Å². The molecular weight excluding hydrogens is 158 g/mol. The molecule has 1 rings (SSSR count). The van der Waals surface area contributed by atoms with Gasteiger partial charge in [0.2, 0.25) is 0 Å². The van der Waals surface area contributed by atoms with Crippen molar-refractivity contribution < 1.29 is 0 Å². The van der Waals surface area contributed by atoms with Gasteiger partial charge in [0.05, 0.1) is 0 Å². The summed E-state index contributed by atoms with van der Waals surface area (Å²) in [4.78, 5) is 2.46. The molecule has 0 aromatic carbocycles. The lowest BCUT2D eigenvalue weighted by molar-refractivity contribution is 0.305. The highest BCUT2D eigenvalue weighted by atomic mass is 15.2. The van der Waals surface area contributed by atoms with Gasteiger partial charge >= 0.3 is 0 Å². The van der Waals surface area contributed by atoms with E-state index in [-0.39, 0.29) is 0 Å². The average Bonchev–Trinajstić information content (AvgIpc) is 2.59. The third-order valence-corrected chi connectivity index (χ3v) is 3.07. The van der Waals surface area contributed by atoms with E-state index in [0.717, 1.165) is 13.0 Å². The molecule has 0 aliphatic carbocycles. The van der Waals surface area contributed by atoms with Crippen LogP contribution in [0.2, 0.25) is 0 Å². The summed E-state index contributed by atoms with van der Waals surface area (Å²) in [5, 5.41) is 0. The molecule has 0 radical (unpaired) electrons. The number of likely N-dealkylation sites (tertiary alicyclic amines) is 1. The van der Waals surface area contributed by atoms with E-state index in [0.29, 0.717) is 12.0 Å². The minimum atomic E-state index is 0.674. The lowest BCUT2D eigenvalue weighted by Crippen LogP contribution is -2.27. The molecule has 1 heterocycles. The Morgan fingerprint density at radius 1 is 1.54 bits per heavy atom. The summed E-state index contributed by atoms with van der Waals surface area (Å²) < 4.78 is 0. The number of hydrogen-bond acceptors (Lipinski definition) is 1. The van der Waals surface area contributed by atoms with Gasteiger partial charge in [0.1, 0.15) is 0 Å². The molecule has 2 atom stereocenters. The Kier molecular flexibility index (Phi) is 3.58. The van der Waals surface area contributed by atoms with E-state index in [9.17, 15) is 0 Å². The predicted octanol–water partition coefficient (Wildman–Crippen LogP) is 3.20. The number of rotatable bonds is 4. The molecule has 1 nitrogen and oxygen atoms in total. The minimum Gasteiger partial charge on any atom is -0.372 e. The van der Waals surface area contributed by atoms with Crippen LogP contribution in [0.15, 0.2) is 24.9 Å². The molecule has 0 saturated carbocycles. The van der Waals surface area contributed by atoms with E-state index in [2.05, 4.69) is 38.0 Å². The zero-order chi connectivity index (χ0) is 9.84. The largest absolute Gasteiger partial charge is 0.372 e. The molecule has 13 heavy (non-hydrogen) atoms. The molecule has 1 saturated heterocycles. The molecule has 1 heteroatoms. The van der Waals surface area contributed by atoms with Crippen LogP contribution in [0.4, 0.5) is 0 Å². The number of hydrogen-bond donors (Lipinski definition) is 0. The second-order valence-corrected chi connectivity index (χ2v) is 3.87. The maximum atomic E-state index is 4.11. The first kappa shape index (κ1) is 10.4. The quantitative estimate of drug-likeness (QED) is 0.599. The summed E-state index contributed by atoms with van der Waals surface area (Å²) in [5.41, 5.74) is 1.29. The Morgan fingerprint density at radius 3 is 2.69 bits per heavy atom. The first-order chi connectivity index (χ1) is 6.22. The fourth-order valence-electron chi connectivity index (χ4n) is 2.10. The second-order valence-electron chi connectivity index (χ2n) is 3.87. The summed E-state index contributed by atoms with van der Waals surface area (Å²) in [7, 11) is 0. The molecule has 0 spiro atoms. The van der Waals surface area contributed by atoms with E-state index < -0.39 is 0 Å². The van der Waals surface area contributed by atoms with Crippen LogP contribution in [0.3, 0.4) is 0 Å². The Bertz CT molecular complexity index is 195. The van der Waals surface area contributed by atoms with Crippen LogP contribution in [-0.4, -0.2) is 17.5 Å². The van der Waals surface area contributed by atoms with Crippen LogP contribution in [0.5, 0.6) is 0 Å². The monoisotopic (exact) mass is 179 g/mol. The van der Waals surface area contributed by atoms with Gasteiger partial charge in [-0.2, -0.15) is 0 Å².